The number of rotatable bonds is 4. The molecule has 1 aromatic heterocycles. The van der Waals surface area contributed by atoms with Gasteiger partial charge in [-0.15, -0.1) is 11.8 Å². The first-order valence-electron chi connectivity index (χ1n) is 6.76. The summed E-state index contributed by atoms with van der Waals surface area (Å²) >= 11 is 1.44. The van der Waals surface area contributed by atoms with Crippen LogP contribution in [0.5, 0.6) is 0 Å². The van der Waals surface area contributed by atoms with Crippen LogP contribution in [0.3, 0.4) is 0 Å². The molecule has 2 atom stereocenters. The van der Waals surface area contributed by atoms with Gasteiger partial charge in [-0.2, -0.15) is 4.57 Å². The number of pyridine rings is 1. The predicted molar refractivity (Wildman–Crippen MR) is 75.7 cm³/mol. The number of carboxylic acid groups (broad SMARTS) is 1. The number of aliphatic hydroxyl groups is 1. The second-order valence-corrected chi connectivity index (χ2v) is 6.26. The van der Waals surface area contributed by atoms with Crippen molar-refractivity contribution in [3.8, 4) is 0 Å². The van der Waals surface area contributed by atoms with E-state index in [0.29, 0.717) is 17.0 Å². The number of β-lactam (4-membered cyclic amide) rings is 1. The van der Waals surface area contributed by atoms with Gasteiger partial charge in [-0.25, -0.2) is 0 Å². The number of aromatic nitrogens is 1. The minimum atomic E-state index is -1.37. The Bertz CT molecular complexity index is 676. The fraction of sp³-hybridized carbons (Fsp3) is 0.357. The Balaban J connectivity index is 1.97. The molecule has 8 heteroatoms. The van der Waals surface area contributed by atoms with Gasteiger partial charge in [-0.3, -0.25) is 9.69 Å². The second-order valence-electron chi connectivity index (χ2n) is 5.15. The standard InChI is InChI=1S/C14H15N3O4S/c15-10-12(19)17-11(14(20)21)8(7-22-13(10)17)5-16-4-2-1-3-9(16)6-18/h1-4,10,13,18H,5-7,15H2. The molecular formula is C14H15N3O4S. The number of hydrogen-bond acceptors (Lipinski definition) is 6. The normalized spacial score (nSPS) is 24.1. The largest absolute Gasteiger partial charge is 0.543 e. The van der Waals surface area contributed by atoms with Gasteiger partial charge in [-0.1, -0.05) is 6.07 Å². The van der Waals surface area contributed by atoms with Gasteiger partial charge >= 0.3 is 0 Å². The molecule has 22 heavy (non-hydrogen) atoms. The minimum absolute atomic E-state index is 0.0873. The zero-order chi connectivity index (χ0) is 15.9. The molecule has 0 aromatic carbocycles. The molecule has 116 valence electrons. The molecule has 1 aromatic rings. The minimum Gasteiger partial charge on any atom is -0.543 e. The zero-order valence-corrected chi connectivity index (χ0v) is 12.5. The Morgan fingerprint density at radius 1 is 1.55 bits per heavy atom. The predicted octanol–water partition coefficient (Wildman–Crippen LogP) is -2.29. The number of carbonyl (C=O) groups excluding carboxylic acids is 2. The molecule has 0 saturated carbocycles. The van der Waals surface area contributed by atoms with Crippen LogP contribution in [0.2, 0.25) is 0 Å². The van der Waals surface area contributed by atoms with Crippen LogP contribution in [0, 0.1) is 0 Å². The van der Waals surface area contributed by atoms with Crippen molar-refractivity contribution >= 4 is 23.6 Å². The van der Waals surface area contributed by atoms with Gasteiger partial charge in [0.2, 0.25) is 11.6 Å². The maximum Gasteiger partial charge on any atom is 0.248 e. The van der Waals surface area contributed by atoms with Crippen molar-refractivity contribution in [2.24, 2.45) is 5.73 Å². The molecule has 1 fully saturated rings. The maximum atomic E-state index is 11.8. The van der Waals surface area contributed by atoms with Gasteiger partial charge < -0.3 is 20.7 Å². The molecule has 2 aliphatic rings. The topological polar surface area (TPSA) is 111 Å². The third kappa shape index (κ3) is 2.29. The van der Waals surface area contributed by atoms with Crippen molar-refractivity contribution in [1.29, 1.82) is 0 Å². The lowest BCUT2D eigenvalue weighted by Crippen LogP contribution is -2.69. The van der Waals surface area contributed by atoms with Gasteiger partial charge in [-0.05, 0) is 0 Å². The van der Waals surface area contributed by atoms with Crippen LogP contribution in [0.1, 0.15) is 5.69 Å². The molecular weight excluding hydrogens is 306 g/mol. The van der Waals surface area contributed by atoms with Crippen molar-refractivity contribution in [1.82, 2.24) is 4.90 Å². The SMILES string of the molecule is NC1C(=O)N2C(C(=O)[O-])=C(C[n+]3ccccc3CO)CSC12. The summed E-state index contributed by atoms with van der Waals surface area (Å²) in [5, 5.41) is 20.5. The third-order valence-electron chi connectivity index (χ3n) is 3.84. The Morgan fingerprint density at radius 3 is 3.00 bits per heavy atom. The van der Waals surface area contributed by atoms with Crippen molar-refractivity contribution in [3.63, 3.8) is 0 Å². The summed E-state index contributed by atoms with van der Waals surface area (Å²) in [5.74, 6) is -1.31. The number of aliphatic hydroxyl groups excluding tert-OH is 1. The van der Waals surface area contributed by atoms with Gasteiger partial charge in [0.1, 0.15) is 18.0 Å². The lowest BCUT2D eigenvalue weighted by atomic mass is 10.0. The molecule has 0 bridgehead atoms. The van der Waals surface area contributed by atoms with Crippen molar-refractivity contribution in [2.75, 3.05) is 5.75 Å². The van der Waals surface area contributed by atoms with E-state index in [2.05, 4.69) is 0 Å². The monoisotopic (exact) mass is 321 g/mol. The Kier molecular flexibility index (Phi) is 3.90. The van der Waals surface area contributed by atoms with Crippen LogP contribution in [0.15, 0.2) is 35.7 Å². The third-order valence-corrected chi connectivity index (χ3v) is 5.20. The number of carbonyl (C=O) groups is 2. The number of nitrogens with two attached hydrogens (primary N) is 1. The van der Waals surface area contributed by atoms with Crippen LogP contribution in [-0.4, -0.2) is 39.1 Å². The van der Waals surface area contributed by atoms with Crippen LogP contribution in [0.4, 0.5) is 0 Å². The summed E-state index contributed by atoms with van der Waals surface area (Å²) in [4.78, 5) is 24.5. The lowest BCUT2D eigenvalue weighted by molar-refractivity contribution is -0.698. The number of nitrogens with zero attached hydrogens (tertiary/aromatic N) is 2. The molecule has 0 aliphatic carbocycles. The highest BCUT2D eigenvalue weighted by molar-refractivity contribution is 8.00. The van der Waals surface area contributed by atoms with Gasteiger partial charge in [0.25, 0.3) is 0 Å². The average Bonchev–Trinajstić information content (AvgIpc) is 2.53. The number of thioether (sulfide) groups is 1. The van der Waals surface area contributed by atoms with Crippen LogP contribution >= 0.6 is 11.8 Å². The summed E-state index contributed by atoms with van der Waals surface area (Å²) in [7, 11) is 0. The fourth-order valence-electron chi connectivity index (χ4n) is 2.71. The Hall–Kier alpha value is -1.90. The molecule has 1 saturated heterocycles. The molecule has 7 nitrogen and oxygen atoms in total. The molecule has 2 unspecified atom stereocenters. The summed E-state index contributed by atoms with van der Waals surface area (Å²) < 4.78 is 1.75. The van der Waals surface area contributed by atoms with E-state index in [1.54, 1.807) is 29.0 Å². The smallest absolute Gasteiger partial charge is 0.248 e. The number of fused-ring (bicyclic) bond motifs is 1. The molecule has 3 N–H and O–H groups in total. The summed E-state index contributed by atoms with van der Waals surface area (Å²) in [5.41, 5.74) is 6.84. The first-order valence-corrected chi connectivity index (χ1v) is 7.81. The Morgan fingerprint density at radius 2 is 2.32 bits per heavy atom. The number of carboxylic acids is 1. The van der Waals surface area contributed by atoms with Crippen molar-refractivity contribution < 1.29 is 24.4 Å². The van der Waals surface area contributed by atoms with E-state index in [4.69, 9.17) is 5.73 Å². The average molecular weight is 321 g/mol. The molecule has 0 spiro atoms. The molecule has 2 aliphatic heterocycles. The first-order chi connectivity index (χ1) is 10.5. The maximum absolute atomic E-state index is 11.8. The summed E-state index contributed by atoms with van der Waals surface area (Å²) in [6.07, 6.45) is 1.76. The van der Waals surface area contributed by atoms with E-state index in [1.807, 2.05) is 0 Å². The highest BCUT2D eigenvalue weighted by Crippen LogP contribution is 2.39. The van der Waals surface area contributed by atoms with Crippen molar-refractivity contribution in [2.45, 2.75) is 24.6 Å². The molecule has 0 radical (unpaired) electrons. The fourth-order valence-corrected chi connectivity index (χ4v) is 3.99. The van der Waals surface area contributed by atoms with E-state index in [0.717, 1.165) is 0 Å². The number of aliphatic carboxylic acids is 1. The first kappa shape index (κ1) is 15.0. The highest BCUT2D eigenvalue weighted by atomic mass is 32.2. The van der Waals surface area contributed by atoms with Crippen LogP contribution < -0.4 is 15.4 Å². The highest BCUT2D eigenvalue weighted by Gasteiger charge is 2.50. The molecule has 1 amide bonds. The number of hydrogen-bond donors (Lipinski definition) is 2. The zero-order valence-electron chi connectivity index (χ0n) is 11.6. The van der Waals surface area contributed by atoms with Crippen LogP contribution in [0.25, 0.3) is 0 Å². The second kappa shape index (κ2) is 5.71. The van der Waals surface area contributed by atoms with E-state index < -0.39 is 17.9 Å². The quantitative estimate of drug-likeness (QED) is 0.477. The van der Waals surface area contributed by atoms with Crippen molar-refractivity contribution in [3.05, 3.63) is 41.4 Å². The van der Waals surface area contributed by atoms with E-state index in [-0.39, 0.29) is 24.2 Å². The van der Waals surface area contributed by atoms with E-state index >= 15 is 0 Å². The van der Waals surface area contributed by atoms with Gasteiger partial charge in [0.15, 0.2) is 12.7 Å². The number of amides is 1. The summed E-state index contributed by atoms with van der Waals surface area (Å²) in [6.45, 7) is 0.122. The molecule has 3 heterocycles. The van der Waals surface area contributed by atoms with Crippen LogP contribution in [-0.2, 0) is 22.7 Å². The Labute approximate surface area is 131 Å². The van der Waals surface area contributed by atoms with E-state index in [9.17, 15) is 19.8 Å². The van der Waals surface area contributed by atoms with Gasteiger partial charge in [0, 0.05) is 23.5 Å². The summed E-state index contributed by atoms with van der Waals surface area (Å²) in [6, 6.07) is 4.68. The van der Waals surface area contributed by atoms with Gasteiger partial charge in [0.05, 0.1) is 11.7 Å². The van der Waals surface area contributed by atoms with E-state index in [1.165, 1.54) is 16.7 Å². The molecule has 3 rings (SSSR count). The lowest BCUT2D eigenvalue weighted by Gasteiger charge is -2.49.